The molecule has 1 aliphatic heterocycles. The highest BCUT2D eigenvalue weighted by Crippen LogP contribution is 2.24. The zero-order valence-electron chi connectivity index (χ0n) is 15.5. The average Bonchev–Trinajstić information content (AvgIpc) is 3.28. The van der Waals surface area contributed by atoms with Gasteiger partial charge in [0, 0.05) is 45.5 Å². The van der Waals surface area contributed by atoms with Gasteiger partial charge in [0.05, 0.1) is 11.2 Å². The first kappa shape index (κ1) is 21.0. The minimum atomic E-state index is 0. The molecule has 6 nitrogen and oxygen atoms in total. The smallest absolute Gasteiger partial charge is 0.191 e. The van der Waals surface area contributed by atoms with Crippen molar-refractivity contribution in [2.45, 2.75) is 32.2 Å². The second kappa shape index (κ2) is 10.8. The first-order valence-corrected chi connectivity index (χ1v) is 9.93. The average molecular weight is 488 g/mol. The number of hydrogen-bond acceptors (Lipinski definition) is 4. The first-order valence-electron chi connectivity index (χ1n) is 9.05. The lowest BCUT2D eigenvalue weighted by atomic mass is 10.1. The minimum Gasteiger partial charge on any atom is -0.363 e. The number of halogens is 1. The van der Waals surface area contributed by atoms with E-state index in [0.29, 0.717) is 6.04 Å². The summed E-state index contributed by atoms with van der Waals surface area (Å²) in [5.41, 5.74) is 1.23. The molecule has 0 spiro atoms. The van der Waals surface area contributed by atoms with Crippen molar-refractivity contribution in [3.05, 3.63) is 35.5 Å². The van der Waals surface area contributed by atoms with Crippen LogP contribution in [0.5, 0.6) is 0 Å². The number of thiophene rings is 1. The Bertz CT molecular complexity index is 661. The Morgan fingerprint density at radius 3 is 2.81 bits per heavy atom. The predicted molar refractivity (Wildman–Crippen MR) is 121 cm³/mol. The summed E-state index contributed by atoms with van der Waals surface area (Å²) in [7, 11) is 1.95. The molecule has 3 rings (SSSR count). The summed E-state index contributed by atoms with van der Waals surface area (Å²) < 4.78 is 1.84. The van der Waals surface area contributed by atoms with Crippen molar-refractivity contribution in [2.24, 2.45) is 12.0 Å². The third-order valence-electron chi connectivity index (χ3n) is 4.43. The van der Waals surface area contributed by atoms with E-state index in [1.807, 2.05) is 29.3 Å². The Morgan fingerprint density at radius 1 is 1.38 bits per heavy atom. The number of anilines is 1. The van der Waals surface area contributed by atoms with E-state index in [1.54, 1.807) is 0 Å². The van der Waals surface area contributed by atoms with E-state index in [0.717, 1.165) is 51.4 Å². The third-order valence-corrected chi connectivity index (χ3v) is 5.36. The lowest BCUT2D eigenvalue weighted by Gasteiger charge is -2.33. The largest absolute Gasteiger partial charge is 0.363 e. The van der Waals surface area contributed by atoms with Crippen LogP contribution in [0, 0.1) is 0 Å². The normalized spacial score (nSPS) is 15.6. The summed E-state index contributed by atoms with van der Waals surface area (Å²) in [6, 6.07) is 4.83. The van der Waals surface area contributed by atoms with Crippen LogP contribution in [-0.4, -0.2) is 48.0 Å². The van der Waals surface area contributed by atoms with Gasteiger partial charge in [-0.3, -0.25) is 9.67 Å². The van der Waals surface area contributed by atoms with Crippen LogP contribution < -0.4 is 15.5 Å². The number of rotatable bonds is 6. The van der Waals surface area contributed by atoms with Crippen LogP contribution in [0.25, 0.3) is 0 Å². The summed E-state index contributed by atoms with van der Waals surface area (Å²) in [6.07, 6.45) is 7.17. The molecule has 144 valence electrons. The predicted octanol–water partition coefficient (Wildman–Crippen LogP) is 2.87. The highest BCUT2D eigenvalue weighted by Gasteiger charge is 2.20. The highest BCUT2D eigenvalue weighted by atomic mass is 127. The van der Waals surface area contributed by atoms with Gasteiger partial charge in [-0.1, -0.05) is 0 Å². The van der Waals surface area contributed by atoms with Crippen molar-refractivity contribution in [1.29, 1.82) is 0 Å². The van der Waals surface area contributed by atoms with Crippen LogP contribution in [0.15, 0.2) is 34.9 Å². The van der Waals surface area contributed by atoms with E-state index in [4.69, 9.17) is 4.99 Å². The number of aryl methyl sites for hydroxylation is 1. The number of piperidine rings is 1. The van der Waals surface area contributed by atoms with E-state index in [1.165, 1.54) is 10.6 Å². The standard InChI is InChI=1S/C18H28N6S.HI/c1-3-19-18(20-9-6-15-13-21-23(2)14-15)22-16-7-10-24(11-8-16)17-5-4-12-25-17;/h4-5,12-14,16H,3,6-11H2,1-2H3,(H2,19,20,22);1H. The minimum absolute atomic E-state index is 0. The molecule has 0 unspecified atom stereocenters. The summed E-state index contributed by atoms with van der Waals surface area (Å²) in [6.45, 7) is 5.97. The zero-order valence-corrected chi connectivity index (χ0v) is 18.7. The van der Waals surface area contributed by atoms with Gasteiger partial charge in [-0.25, -0.2) is 0 Å². The third kappa shape index (κ3) is 6.15. The Kier molecular flexibility index (Phi) is 8.70. The molecule has 0 atom stereocenters. The molecule has 2 N–H and O–H groups in total. The van der Waals surface area contributed by atoms with Crippen molar-refractivity contribution in [3.63, 3.8) is 0 Å². The molecular weight excluding hydrogens is 459 g/mol. The SMILES string of the molecule is CCNC(=NCCc1cnn(C)c1)NC1CCN(c2cccs2)CC1.I. The second-order valence-electron chi connectivity index (χ2n) is 6.39. The molecule has 0 aromatic carbocycles. The molecular formula is C18H29IN6S. The van der Waals surface area contributed by atoms with Crippen LogP contribution in [0.4, 0.5) is 5.00 Å². The Balaban J connectivity index is 0.00000243. The number of aliphatic imine (C=N–C) groups is 1. The first-order chi connectivity index (χ1) is 12.2. The fourth-order valence-corrected chi connectivity index (χ4v) is 3.89. The zero-order chi connectivity index (χ0) is 17.5. The van der Waals surface area contributed by atoms with Crippen LogP contribution in [-0.2, 0) is 13.5 Å². The van der Waals surface area contributed by atoms with Gasteiger partial charge in [-0.05, 0) is 49.3 Å². The molecule has 1 fully saturated rings. The van der Waals surface area contributed by atoms with Crippen LogP contribution in [0.1, 0.15) is 25.3 Å². The van der Waals surface area contributed by atoms with Gasteiger partial charge in [0.1, 0.15) is 0 Å². The lowest BCUT2D eigenvalue weighted by Crippen LogP contribution is -2.48. The molecule has 0 bridgehead atoms. The molecule has 0 aliphatic carbocycles. The molecule has 1 aliphatic rings. The maximum atomic E-state index is 4.73. The van der Waals surface area contributed by atoms with Gasteiger partial charge in [0.15, 0.2) is 5.96 Å². The van der Waals surface area contributed by atoms with Crippen LogP contribution >= 0.6 is 35.3 Å². The Hall–Kier alpha value is -1.29. The van der Waals surface area contributed by atoms with Gasteiger partial charge >= 0.3 is 0 Å². The van der Waals surface area contributed by atoms with Gasteiger partial charge in [-0.15, -0.1) is 35.3 Å². The summed E-state index contributed by atoms with van der Waals surface area (Å²) >= 11 is 1.83. The molecule has 26 heavy (non-hydrogen) atoms. The van der Waals surface area contributed by atoms with E-state index in [-0.39, 0.29) is 24.0 Å². The fraction of sp³-hybridized carbons (Fsp3) is 0.556. The molecule has 8 heteroatoms. The maximum absolute atomic E-state index is 4.73. The van der Waals surface area contributed by atoms with Crippen molar-refractivity contribution in [3.8, 4) is 0 Å². The van der Waals surface area contributed by atoms with E-state index >= 15 is 0 Å². The molecule has 2 aromatic rings. The number of hydrogen-bond donors (Lipinski definition) is 2. The number of guanidine groups is 1. The number of nitrogens with zero attached hydrogens (tertiary/aromatic N) is 4. The quantitative estimate of drug-likeness (QED) is 0.373. The summed E-state index contributed by atoms with van der Waals surface area (Å²) in [4.78, 5) is 7.21. The maximum Gasteiger partial charge on any atom is 0.191 e. The second-order valence-corrected chi connectivity index (χ2v) is 7.32. The topological polar surface area (TPSA) is 57.5 Å². The van der Waals surface area contributed by atoms with Crippen molar-refractivity contribution >= 4 is 46.3 Å². The van der Waals surface area contributed by atoms with Crippen LogP contribution in [0.2, 0.25) is 0 Å². The molecule has 0 amide bonds. The van der Waals surface area contributed by atoms with Gasteiger partial charge < -0.3 is 15.5 Å². The molecule has 0 radical (unpaired) electrons. The van der Waals surface area contributed by atoms with Crippen molar-refractivity contribution in [1.82, 2.24) is 20.4 Å². The Morgan fingerprint density at radius 2 is 2.19 bits per heavy atom. The number of nitrogens with one attached hydrogen (secondary N) is 2. The molecule has 0 saturated carbocycles. The van der Waals surface area contributed by atoms with E-state index in [2.05, 4.69) is 51.3 Å². The van der Waals surface area contributed by atoms with Gasteiger partial charge in [0.2, 0.25) is 0 Å². The lowest BCUT2D eigenvalue weighted by molar-refractivity contribution is 0.463. The van der Waals surface area contributed by atoms with Crippen molar-refractivity contribution in [2.75, 3.05) is 31.1 Å². The fourth-order valence-electron chi connectivity index (χ4n) is 3.11. The molecule has 3 heterocycles. The van der Waals surface area contributed by atoms with E-state index < -0.39 is 0 Å². The number of aromatic nitrogens is 2. The van der Waals surface area contributed by atoms with Gasteiger partial charge in [-0.2, -0.15) is 5.10 Å². The highest BCUT2D eigenvalue weighted by molar-refractivity contribution is 14.0. The van der Waals surface area contributed by atoms with Gasteiger partial charge in [0.25, 0.3) is 0 Å². The van der Waals surface area contributed by atoms with Crippen molar-refractivity contribution < 1.29 is 0 Å². The van der Waals surface area contributed by atoms with Crippen LogP contribution in [0.3, 0.4) is 0 Å². The summed E-state index contributed by atoms with van der Waals surface area (Å²) in [5.74, 6) is 0.931. The Labute approximate surface area is 177 Å². The summed E-state index contributed by atoms with van der Waals surface area (Å²) in [5, 5.41) is 14.7. The monoisotopic (exact) mass is 488 g/mol. The molecule has 2 aromatic heterocycles. The molecule has 1 saturated heterocycles. The van der Waals surface area contributed by atoms with E-state index in [9.17, 15) is 0 Å².